The average molecular weight is 448 g/mol. The molecule has 0 radical (unpaired) electrons. The Kier molecular flexibility index (Phi) is 6.28. The number of hydrogen-bond donors (Lipinski definition) is 1. The molecule has 0 aliphatic rings. The van der Waals surface area contributed by atoms with Crippen molar-refractivity contribution in [2.75, 3.05) is 11.9 Å². The van der Waals surface area contributed by atoms with E-state index in [-0.39, 0.29) is 28.5 Å². The van der Waals surface area contributed by atoms with Crippen LogP contribution in [-0.4, -0.2) is 23.4 Å². The van der Waals surface area contributed by atoms with Gasteiger partial charge in [-0.1, -0.05) is 24.3 Å². The van der Waals surface area contributed by atoms with Crippen molar-refractivity contribution in [1.82, 2.24) is 0 Å². The number of carbonyl (C=O) groups excluding carboxylic acids is 2. The summed E-state index contributed by atoms with van der Waals surface area (Å²) in [5.74, 6) is -2.17. The molecule has 166 valence electrons. The maximum atomic E-state index is 12.9. The van der Waals surface area contributed by atoms with Gasteiger partial charge >= 0.3 is 12.1 Å². The monoisotopic (exact) mass is 448 g/mol. The number of amides is 1. The van der Waals surface area contributed by atoms with E-state index in [9.17, 15) is 32.9 Å². The molecule has 8 nitrogen and oxygen atoms in total. The molecule has 0 saturated carbocycles. The van der Waals surface area contributed by atoms with Crippen LogP contribution in [-0.2, 0) is 15.7 Å². The van der Waals surface area contributed by atoms with Gasteiger partial charge in [-0.25, -0.2) is 4.79 Å². The third kappa shape index (κ3) is 5.12. The van der Waals surface area contributed by atoms with E-state index in [4.69, 9.17) is 9.15 Å². The highest BCUT2D eigenvalue weighted by molar-refractivity contribution is 5.97. The zero-order valence-electron chi connectivity index (χ0n) is 16.4. The summed E-state index contributed by atoms with van der Waals surface area (Å²) in [6.45, 7) is 0.802. The van der Waals surface area contributed by atoms with Gasteiger partial charge in [0.15, 0.2) is 6.61 Å². The molecule has 0 bridgehead atoms. The number of halogens is 3. The van der Waals surface area contributed by atoms with E-state index in [1.54, 1.807) is 13.0 Å². The van der Waals surface area contributed by atoms with E-state index >= 15 is 0 Å². The van der Waals surface area contributed by atoms with Crippen LogP contribution in [0.15, 0.2) is 59.0 Å². The third-order valence-corrected chi connectivity index (χ3v) is 4.33. The number of nitrogens with one attached hydrogen (secondary N) is 1. The van der Waals surface area contributed by atoms with Crippen molar-refractivity contribution >= 4 is 23.3 Å². The van der Waals surface area contributed by atoms with Crippen LogP contribution in [0.3, 0.4) is 0 Å². The molecule has 3 rings (SSSR count). The highest BCUT2D eigenvalue weighted by Gasteiger charge is 2.30. The van der Waals surface area contributed by atoms with Crippen LogP contribution in [0.4, 0.5) is 24.5 Å². The first-order valence-electron chi connectivity index (χ1n) is 9.04. The van der Waals surface area contributed by atoms with Gasteiger partial charge in [-0.15, -0.1) is 0 Å². The van der Waals surface area contributed by atoms with Gasteiger partial charge in [-0.2, -0.15) is 13.2 Å². The number of para-hydroxylation sites is 1. The fraction of sp³-hybridized carbons (Fsp3) is 0.143. The first-order chi connectivity index (χ1) is 15.1. The summed E-state index contributed by atoms with van der Waals surface area (Å²) < 4.78 is 48.7. The predicted octanol–water partition coefficient (Wildman–Crippen LogP) is 4.98. The zero-order chi connectivity index (χ0) is 23.5. The van der Waals surface area contributed by atoms with Crippen molar-refractivity contribution in [2.45, 2.75) is 13.1 Å². The second-order valence-corrected chi connectivity index (χ2v) is 6.59. The fourth-order valence-corrected chi connectivity index (χ4v) is 2.80. The molecule has 11 heteroatoms. The molecule has 0 atom stereocenters. The molecule has 1 aromatic heterocycles. The van der Waals surface area contributed by atoms with E-state index in [0.717, 1.165) is 12.1 Å². The van der Waals surface area contributed by atoms with Gasteiger partial charge in [0.2, 0.25) is 5.76 Å². The number of furan rings is 1. The molecular formula is C21H15F3N2O6. The molecule has 3 aromatic rings. The van der Waals surface area contributed by atoms with Crippen molar-refractivity contribution in [3.05, 3.63) is 81.6 Å². The number of nitro benzene ring substituents is 1. The van der Waals surface area contributed by atoms with E-state index < -0.39 is 35.1 Å². The maximum absolute atomic E-state index is 12.9. The number of nitrogens with zero attached hydrogens (tertiary/aromatic N) is 1. The fourth-order valence-electron chi connectivity index (χ4n) is 2.80. The molecule has 0 fully saturated rings. The first-order valence-corrected chi connectivity index (χ1v) is 9.04. The first kappa shape index (κ1) is 22.5. The number of esters is 1. The van der Waals surface area contributed by atoms with Gasteiger partial charge < -0.3 is 14.5 Å². The number of rotatable bonds is 6. The van der Waals surface area contributed by atoms with Crippen LogP contribution in [0, 0.1) is 17.0 Å². The number of aryl methyl sites for hydroxylation is 1. The summed E-state index contributed by atoms with van der Waals surface area (Å²) in [6.07, 6.45) is -4.54. The van der Waals surface area contributed by atoms with E-state index in [0.29, 0.717) is 5.56 Å². The Bertz CT molecular complexity index is 1190. The second kappa shape index (κ2) is 8.92. The second-order valence-electron chi connectivity index (χ2n) is 6.59. The molecular weight excluding hydrogens is 433 g/mol. The molecule has 1 heterocycles. The molecule has 0 aliphatic heterocycles. The van der Waals surface area contributed by atoms with Crippen LogP contribution in [0.1, 0.15) is 21.7 Å². The molecule has 0 saturated heterocycles. The molecule has 0 unspecified atom stereocenters. The Morgan fingerprint density at radius 1 is 1.12 bits per heavy atom. The van der Waals surface area contributed by atoms with Crippen molar-refractivity contribution in [3.8, 4) is 11.3 Å². The van der Waals surface area contributed by atoms with Gasteiger partial charge in [0.05, 0.1) is 10.5 Å². The highest BCUT2D eigenvalue weighted by atomic mass is 19.4. The van der Waals surface area contributed by atoms with Gasteiger partial charge in [0.25, 0.3) is 11.6 Å². The number of anilines is 1. The van der Waals surface area contributed by atoms with Crippen LogP contribution in [0.2, 0.25) is 0 Å². The van der Waals surface area contributed by atoms with Crippen LogP contribution in [0.5, 0.6) is 0 Å². The molecule has 1 amide bonds. The minimum atomic E-state index is -4.54. The van der Waals surface area contributed by atoms with Crippen LogP contribution in [0.25, 0.3) is 11.3 Å². The highest BCUT2D eigenvalue weighted by Crippen LogP contribution is 2.33. The smallest absolute Gasteiger partial charge is 0.416 e. The number of benzene rings is 2. The van der Waals surface area contributed by atoms with Crippen LogP contribution < -0.4 is 5.32 Å². The van der Waals surface area contributed by atoms with E-state index in [2.05, 4.69) is 5.32 Å². The topological polar surface area (TPSA) is 112 Å². The summed E-state index contributed by atoms with van der Waals surface area (Å²) in [5, 5.41) is 13.4. The van der Waals surface area contributed by atoms with Gasteiger partial charge in [0, 0.05) is 11.6 Å². The maximum Gasteiger partial charge on any atom is 0.416 e. The van der Waals surface area contributed by atoms with Gasteiger partial charge in [-0.05, 0) is 36.8 Å². The Morgan fingerprint density at radius 3 is 2.53 bits per heavy atom. The molecule has 0 aliphatic carbocycles. The van der Waals surface area contributed by atoms with E-state index in [1.165, 1.54) is 36.4 Å². The normalized spacial score (nSPS) is 11.1. The number of nitro groups is 1. The SMILES string of the molecule is Cc1cccc([N+](=O)[O-])c1NC(=O)COC(=O)c1ccc(-c2cccc(C(F)(F)F)c2)o1. The lowest BCUT2D eigenvalue weighted by Gasteiger charge is -2.09. The molecule has 0 spiro atoms. The van der Waals surface area contributed by atoms with Crippen molar-refractivity contribution in [3.63, 3.8) is 0 Å². The zero-order valence-corrected chi connectivity index (χ0v) is 16.4. The van der Waals surface area contributed by atoms with Gasteiger partial charge in [0.1, 0.15) is 11.4 Å². The Hall–Kier alpha value is -4.15. The third-order valence-electron chi connectivity index (χ3n) is 4.33. The van der Waals surface area contributed by atoms with Crippen molar-refractivity contribution < 1.29 is 36.8 Å². The minimum Gasteiger partial charge on any atom is -0.450 e. The Labute approximate surface area is 178 Å². The van der Waals surface area contributed by atoms with Gasteiger partial charge in [-0.3, -0.25) is 14.9 Å². The lowest BCUT2D eigenvalue weighted by Crippen LogP contribution is -2.21. The summed E-state index contributed by atoms with van der Waals surface area (Å²) in [4.78, 5) is 34.7. The number of carbonyl (C=O) groups is 2. The lowest BCUT2D eigenvalue weighted by molar-refractivity contribution is -0.384. The summed E-state index contributed by atoms with van der Waals surface area (Å²) >= 11 is 0. The average Bonchev–Trinajstić information content (AvgIpc) is 3.23. The summed E-state index contributed by atoms with van der Waals surface area (Å²) in [6, 6.07) is 11.1. The minimum absolute atomic E-state index is 0.00281. The Balaban J connectivity index is 1.65. The van der Waals surface area contributed by atoms with Crippen LogP contribution >= 0.6 is 0 Å². The van der Waals surface area contributed by atoms with Crippen molar-refractivity contribution in [2.24, 2.45) is 0 Å². The predicted molar refractivity (Wildman–Crippen MR) is 106 cm³/mol. The molecule has 32 heavy (non-hydrogen) atoms. The largest absolute Gasteiger partial charge is 0.450 e. The quantitative estimate of drug-likeness (QED) is 0.324. The summed E-state index contributed by atoms with van der Waals surface area (Å²) in [5.41, 5.74) is -0.679. The molecule has 2 aromatic carbocycles. The standard InChI is InChI=1S/C21H15F3N2O6/c1-12-4-2-7-15(26(29)30)19(12)25-18(27)11-31-20(28)17-9-8-16(32-17)13-5-3-6-14(10-13)21(22,23)24/h2-10H,11H2,1H3,(H,25,27). The summed E-state index contributed by atoms with van der Waals surface area (Å²) in [7, 11) is 0. The van der Waals surface area contributed by atoms with E-state index in [1.807, 2.05) is 0 Å². The number of ether oxygens (including phenoxy) is 1. The lowest BCUT2D eigenvalue weighted by atomic mass is 10.1. The van der Waals surface area contributed by atoms with Crippen molar-refractivity contribution in [1.29, 1.82) is 0 Å². The number of alkyl halides is 3. The molecule has 1 N–H and O–H groups in total. The Morgan fingerprint density at radius 2 is 1.84 bits per heavy atom. The number of hydrogen-bond acceptors (Lipinski definition) is 6.